The van der Waals surface area contributed by atoms with Crippen molar-refractivity contribution in [1.29, 1.82) is 0 Å². The molecule has 6 unspecified atom stereocenters. The van der Waals surface area contributed by atoms with Gasteiger partial charge in [0.2, 0.25) is 0 Å². The minimum atomic E-state index is -2.19. The highest BCUT2D eigenvalue weighted by molar-refractivity contribution is 6.25. The Bertz CT molecular complexity index is 359. The number of nitrogens with one attached hydrogen (secondary N) is 2. The van der Waals surface area contributed by atoms with Crippen molar-refractivity contribution in [2.24, 2.45) is 0 Å². The first kappa shape index (κ1) is 22.8. The fraction of sp³-hybridized carbons (Fsp3) is 0.875. The molecule has 2 aliphatic rings. The van der Waals surface area contributed by atoms with E-state index in [-0.39, 0.29) is 0 Å². The molecule has 0 saturated carbocycles. The van der Waals surface area contributed by atoms with Gasteiger partial charge < -0.3 is 29.6 Å². The molecule has 2 aliphatic heterocycles. The van der Waals surface area contributed by atoms with E-state index in [4.69, 9.17) is 19.8 Å². The van der Waals surface area contributed by atoms with E-state index in [0.717, 1.165) is 12.1 Å². The second-order valence-electron chi connectivity index (χ2n) is 7.06. The minimum Gasteiger partial charge on any atom is -0.543 e. The van der Waals surface area contributed by atoms with Gasteiger partial charge in [-0.25, -0.2) is 9.80 Å². The predicted molar refractivity (Wildman–Crippen MR) is 86.9 cm³/mol. The van der Waals surface area contributed by atoms with Crippen LogP contribution in [0, 0.1) is 0 Å². The Labute approximate surface area is 145 Å². The summed E-state index contributed by atoms with van der Waals surface area (Å²) in [6.45, 7) is 11.7. The Hall–Kier alpha value is -1.22. The van der Waals surface area contributed by atoms with Crippen molar-refractivity contribution < 1.29 is 29.6 Å². The Morgan fingerprint density at radius 3 is 1.08 bits per heavy atom. The summed E-state index contributed by atoms with van der Waals surface area (Å²) in [4.78, 5) is 26.0. The molecule has 24 heavy (non-hydrogen) atoms. The maximum absolute atomic E-state index is 8.93. The van der Waals surface area contributed by atoms with Crippen molar-refractivity contribution in [2.75, 3.05) is 41.3 Å². The van der Waals surface area contributed by atoms with Crippen LogP contribution in [-0.2, 0) is 9.59 Å². The van der Waals surface area contributed by atoms with Gasteiger partial charge in [0.1, 0.15) is 12.3 Å². The summed E-state index contributed by atoms with van der Waals surface area (Å²) in [5.41, 5.74) is 0. The maximum Gasteiger partial charge on any atom is 0.140 e. The molecule has 0 amide bonds. The number of quaternary nitrogens is 2. The molecule has 6 atom stereocenters. The van der Waals surface area contributed by atoms with Crippen molar-refractivity contribution >= 4 is 11.9 Å². The average Bonchev–Trinajstić information content (AvgIpc) is 2.85. The largest absolute Gasteiger partial charge is 0.543 e. The maximum atomic E-state index is 8.93. The van der Waals surface area contributed by atoms with Gasteiger partial charge >= 0.3 is 0 Å². The molecule has 0 radical (unpaired) electrons. The quantitative estimate of drug-likeness (QED) is 0.426. The van der Waals surface area contributed by atoms with Crippen LogP contribution >= 0.6 is 0 Å². The first-order chi connectivity index (χ1) is 10.9. The summed E-state index contributed by atoms with van der Waals surface area (Å²) in [6, 6.07) is 1.53. The van der Waals surface area contributed by atoms with Crippen LogP contribution < -0.4 is 20.0 Å². The van der Waals surface area contributed by atoms with Gasteiger partial charge in [-0.2, -0.15) is 0 Å². The Kier molecular flexibility index (Phi) is 9.42. The summed E-state index contributed by atoms with van der Waals surface area (Å²) in [5, 5.41) is 17.9. The number of carboxylic acid groups (broad SMARTS) is 2. The summed E-state index contributed by atoms with van der Waals surface area (Å²) >= 11 is 0. The first-order valence-electron chi connectivity index (χ1n) is 8.40. The number of carbonyl (C=O) groups excluding carboxylic acids is 2. The molecule has 0 aromatic carbocycles. The van der Waals surface area contributed by atoms with Gasteiger partial charge in [0, 0.05) is 13.8 Å². The summed E-state index contributed by atoms with van der Waals surface area (Å²) in [6.07, 6.45) is 1.42. The van der Waals surface area contributed by atoms with Gasteiger partial charge in [-0.05, 0) is 27.9 Å². The summed E-state index contributed by atoms with van der Waals surface area (Å²) in [7, 11) is 8.91. The monoisotopic (exact) mass is 346 g/mol. The molecule has 2 rings (SSSR count). The van der Waals surface area contributed by atoms with Crippen LogP contribution in [0.3, 0.4) is 0 Å². The number of hydrogen-bond acceptors (Lipinski definition) is 6. The number of nitrogens with zero attached hydrogens (tertiary/aromatic N) is 2. The standard InChI is InChI=1S/2C7H16N2.C2H2O4/c2*1-6-5-8(3)7(2)9(6)4;3-1(4)2(5)6/h2*6-7H,5H2,1-4H3;(H,3,4)(H,5,6). The molecule has 142 valence electrons. The van der Waals surface area contributed by atoms with E-state index in [0.29, 0.717) is 12.3 Å². The van der Waals surface area contributed by atoms with Gasteiger partial charge in [0.05, 0.1) is 51.2 Å². The molecule has 0 aromatic heterocycles. The normalized spacial score (nSPS) is 36.3. The fourth-order valence-electron chi connectivity index (χ4n) is 3.02. The van der Waals surface area contributed by atoms with Crippen LogP contribution in [0.4, 0.5) is 0 Å². The van der Waals surface area contributed by atoms with Crippen molar-refractivity contribution in [3.8, 4) is 0 Å². The second kappa shape index (κ2) is 9.93. The lowest BCUT2D eigenvalue weighted by atomic mass is 10.3. The topological polar surface area (TPSA) is 95.6 Å². The molecule has 0 spiro atoms. The molecule has 0 aromatic rings. The van der Waals surface area contributed by atoms with E-state index in [1.54, 1.807) is 9.80 Å². The molecule has 8 heteroatoms. The van der Waals surface area contributed by atoms with Gasteiger partial charge in [0.25, 0.3) is 0 Å². The molecule has 2 fully saturated rings. The molecular weight excluding hydrogens is 312 g/mol. The van der Waals surface area contributed by atoms with E-state index < -0.39 is 11.9 Å². The third-order valence-corrected chi connectivity index (χ3v) is 5.44. The molecule has 2 heterocycles. The van der Waals surface area contributed by atoms with E-state index in [1.165, 1.54) is 13.1 Å². The van der Waals surface area contributed by atoms with Crippen LogP contribution in [0.15, 0.2) is 0 Å². The highest BCUT2D eigenvalue weighted by Gasteiger charge is 2.32. The Morgan fingerprint density at radius 1 is 0.792 bits per heavy atom. The molecular formula is C16H34N4O4. The van der Waals surface area contributed by atoms with Crippen molar-refractivity contribution in [3.63, 3.8) is 0 Å². The van der Waals surface area contributed by atoms with Gasteiger partial charge in [-0.1, -0.05) is 0 Å². The number of likely N-dealkylation sites (N-methyl/N-ethyl adjacent to an activating group) is 4. The number of carboxylic acids is 2. The number of carbonyl (C=O) groups is 2. The summed E-state index contributed by atoms with van der Waals surface area (Å²) < 4.78 is 0. The van der Waals surface area contributed by atoms with Crippen LogP contribution in [0.25, 0.3) is 0 Å². The Morgan fingerprint density at radius 2 is 1.04 bits per heavy atom. The lowest BCUT2D eigenvalue weighted by molar-refractivity contribution is -0.896. The zero-order valence-electron chi connectivity index (χ0n) is 16.3. The SMILES string of the molecule is CC1C[NH+](C)C(C)N1C.CC1C[NH+](C)C(C)N1C.O=C([O-])C(=O)[O-]. The van der Waals surface area contributed by atoms with Gasteiger partial charge in [-0.15, -0.1) is 0 Å². The van der Waals surface area contributed by atoms with Crippen molar-refractivity contribution in [2.45, 2.75) is 52.1 Å². The highest BCUT2D eigenvalue weighted by Crippen LogP contribution is 2.01. The highest BCUT2D eigenvalue weighted by atomic mass is 16.4. The zero-order chi connectivity index (χ0) is 19.2. The van der Waals surface area contributed by atoms with Crippen LogP contribution in [0.1, 0.15) is 27.7 Å². The molecule has 2 N–H and O–H groups in total. The molecule has 0 aliphatic carbocycles. The first-order valence-corrected chi connectivity index (χ1v) is 8.40. The number of aliphatic carboxylic acids is 2. The van der Waals surface area contributed by atoms with Crippen molar-refractivity contribution in [1.82, 2.24) is 9.80 Å². The van der Waals surface area contributed by atoms with E-state index >= 15 is 0 Å². The van der Waals surface area contributed by atoms with Gasteiger partial charge in [0.15, 0.2) is 0 Å². The smallest absolute Gasteiger partial charge is 0.140 e. The summed E-state index contributed by atoms with van der Waals surface area (Å²) in [5.74, 6) is -4.37. The third kappa shape index (κ3) is 6.72. The molecule has 2 saturated heterocycles. The van der Waals surface area contributed by atoms with E-state index in [1.807, 2.05) is 0 Å². The van der Waals surface area contributed by atoms with Crippen LogP contribution in [0.2, 0.25) is 0 Å². The predicted octanol–water partition coefficient (Wildman–Crippen LogP) is -5.15. The molecule has 0 bridgehead atoms. The van der Waals surface area contributed by atoms with Crippen molar-refractivity contribution in [3.05, 3.63) is 0 Å². The van der Waals surface area contributed by atoms with E-state index in [9.17, 15) is 0 Å². The third-order valence-electron chi connectivity index (χ3n) is 5.44. The number of hydrogen-bond donors (Lipinski definition) is 2. The molecule has 8 nitrogen and oxygen atoms in total. The fourth-order valence-corrected chi connectivity index (χ4v) is 3.02. The van der Waals surface area contributed by atoms with E-state index in [2.05, 4.69) is 65.7 Å². The minimum absolute atomic E-state index is 0.708. The second-order valence-corrected chi connectivity index (χ2v) is 7.06. The van der Waals surface area contributed by atoms with Gasteiger partial charge in [-0.3, -0.25) is 0 Å². The van der Waals surface area contributed by atoms with Crippen LogP contribution in [-0.4, -0.2) is 87.4 Å². The Balaban J connectivity index is 0.000000340. The zero-order valence-corrected chi connectivity index (χ0v) is 16.3. The lowest BCUT2D eigenvalue weighted by Crippen LogP contribution is -3.11. The lowest BCUT2D eigenvalue weighted by Gasteiger charge is -2.17. The average molecular weight is 346 g/mol. The number of rotatable bonds is 0. The van der Waals surface area contributed by atoms with Crippen LogP contribution in [0.5, 0.6) is 0 Å².